The maximum absolute atomic E-state index is 9.30. The SMILES string of the molecule is Cl.Oc1ccc(OCCN2CCCCC2Cc2ccccc2)cc1. The van der Waals surface area contributed by atoms with Crippen LogP contribution in [0.4, 0.5) is 0 Å². The van der Waals surface area contributed by atoms with Crippen molar-refractivity contribution in [3.05, 3.63) is 60.2 Å². The highest BCUT2D eigenvalue weighted by molar-refractivity contribution is 5.85. The number of aromatic hydroxyl groups is 1. The number of rotatable bonds is 6. The van der Waals surface area contributed by atoms with E-state index in [1.54, 1.807) is 12.1 Å². The van der Waals surface area contributed by atoms with Crippen molar-refractivity contribution in [3.63, 3.8) is 0 Å². The summed E-state index contributed by atoms with van der Waals surface area (Å²) in [5, 5.41) is 9.30. The van der Waals surface area contributed by atoms with E-state index >= 15 is 0 Å². The highest BCUT2D eigenvalue weighted by Crippen LogP contribution is 2.21. The van der Waals surface area contributed by atoms with Gasteiger partial charge in [-0.2, -0.15) is 0 Å². The molecule has 130 valence electrons. The largest absolute Gasteiger partial charge is 0.508 e. The van der Waals surface area contributed by atoms with Crippen LogP contribution in [0.3, 0.4) is 0 Å². The van der Waals surface area contributed by atoms with Gasteiger partial charge in [0, 0.05) is 12.6 Å². The second-order valence-electron chi connectivity index (χ2n) is 6.22. The van der Waals surface area contributed by atoms with Crippen molar-refractivity contribution in [2.75, 3.05) is 19.7 Å². The summed E-state index contributed by atoms with van der Waals surface area (Å²) in [6.45, 7) is 2.81. The lowest BCUT2D eigenvalue weighted by atomic mass is 9.96. The fraction of sp³-hybridized carbons (Fsp3) is 0.400. The van der Waals surface area contributed by atoms with Crippen molar-refractivity contribution in [2.24, 2.45) is 0 Å². The predicted molar refractivity (Wildman–Crippen MR) is 100 cm³/mol. The highest BCUT2D eigenvalue weighted by atomic mass is 35.5. The van der Waals surface area contributed by atoms with Crippen molar-refractivity contribution in [1.82, 2.24) is 4.90 Å². The van der Waals surface area contributed by atoms with Gasteiger partial charge in [0.15, 0.2) is 0 Å². The van der Waals surface area contributed by atoms with E-state index in [9.17, 15) is 5.11 Å². The number of ether oxygens (including phenoxy) is 1. The quantitative estimate of drug-likeness (QED) is 0.846. The number of likely N-dealkylation sites (tertiary alicyclic amines) is 1. The summed E-state index contributed by atoms with van der Waals surface area (Å²) >= 11 is 0. The minimum Gasteiger partial charge on any atom is -0.508 e. The first-order chi connectivity index (χ1) is 11.3. The summed E-state index contributed by atoms with van der Waals surface area (Å²) in [7, 11) is 0. The van der Waals surface area contributed by atoms with Crippen LogP contribution >= 0.6 is 12.4 Å². The van der Waals surface area contributed by atoms with Gasteiger partial charge in [-0.3, -0.25) is 4.90 Å². The molecular formula is C20H26ClNO2. The van der Waals surface area contributed by atoms with Crippen LogP contribution in [0.2, 0.25) is 0 Å². The summed E-state index contributed by atoms with van der Waals surface area (Å²) in [6.07, 6.45) is 5.01. The third-order valence-electron chi connectivity index (χ3n) is 4.55. The second-order valence-corrected chi connectivity index (χ2v) is 6.22. The fourth-order valence-corrected chi connectivity index (χ4v) is 3.29. The molecule has 0 spiro atoms. The molecule has 1 heterocycles. The summed E-state index contributed by atoms with van der Waals surface area (Å²) < 4.78 is 5.81. The van der Waals surface area contributed by atoms with E-state index in [0.717, 1.165) is 25.3 Å². The van der Waals surface area contributed by atoms with Gasteiger partial charge in [0.2, 0.25) is 0 Å². The molecule has 1 fully saturated rings. The number of piperidine rings is 1. The Balaban J connectivity index is 0.00000208. The van der Waals surface area contributed by atoms with E-state index in [0.29, 0.717) is 12.6 Å². The van der Waals surface area contributed by atoms with E-state index in [1.165, 1.54) is 24.8 Å². The molecule has 0 radical (unpaired) electrons. The van der Waals surface area contributed by atoms with Gasteiger partial charge in [0.05, 0.1) is 0 Å². The summed E-state index contributed by atoms with van der Waals surface area (Å²) in [4.78, 5) is 2.57. The number of phenolic OH excluding ortho intramolecular Hbond substituents is 1. The highest BCUT2D eigenvalue weighted by Gasteiger charge is 2.22. The van der Waals surface area contributed by atoms with E-state index < -0.39 is 0 Å². The van der Waals surface area contributed by atoms with Gasteiger partial charge in [-0.15, -0.1) is 12.4 Å². The lowest BCUT2D eigenvalue weighted by Gasteiger charge is -2.35. The minimum atomic E-state index is 0. The molecule has 0 bridgehead atoms. The van der Waals surface area contributed by atoms with E-state index in [4.69, 9.17) is 4.74 Å². The maximum atomic E-state index is 9.30. The van der Waals surface area contributed by atoms with Crippen LogP contribution < -0.4 is 4.74 Å². The van der Waals surface area contributed by atoms with Crippen molar-refractivity contribution in [3.8, 4) is 11.5 Å². The molecule has 2 aromatic rings. The third-order valence-corrected chi connectivity index (χ3v) is 4.55. The molecule has 1 aliphatic heterocycles. The Bertz CT molecular complexity index is 588. The first-order valence-corrected chi connectivity index (χ1v) is 8.51. The van der Waals surface area contributed by atoms with Crippen molar-refractivity contribution in [1.29, 1.82) is 0 Å². The lowest BCUT2D eigenvalue weighted by molar-refractivity contribution is 0.122. The Kier molecular flexibility index (Phi) is 7.41. The van der Waals surface area contributed by atoms with Gasteiger partial charge in [0.1, 0.15) is 18.1 Å². The first-order valence-electron chi connectivity index (χ1n) is 8.51. The Morgan fingerprint density at radius 1 is 1.00 bits per heavy atom. The van der Waals surface area contributed by atoms with Crippen molar-refractivity contribution >= 4 is 12.4 Å². The molecule has 0 aromatic heterocycles. The van der Waals surface area contributed by atoms with E-state index in [1.807, 2.05) is 12.1 Å². The van der Waals surface area contributed by atoms with Gasteiger partial charge in [0.25, 0.3) is 0 Å². The zero-order chi connectivity index (χ0) is 15.9. The Hall–Kier alpha value is -1.71. The standard InChI is InChI=1S/C20H25NO2.ClH/c22-19-9-11-20(12-10-19)23-15-14-21-13-5-4-8-18(21)16-17-6-2-1-3-7-17;/h1-3,6-7,9-12,18,22H,4-5,8,13-16H2;1H. The average molecular weight is 348 g/mol. The molecule has 1 unspecified atom stereocenters. The molecule has 3 nitrogen and oxygen atoms in total. The van der Waals surface area contributed by atoms with Crippen molar-refractivity contribution < 1.29 is 9.84 Å². The Morgan fingerprint density at radius 3 is 2.50 bits per heavy atom. The normalized spacial score (nSPS) is 17.9. The molecule has 0 saturated carbocycles. The monoisotopic (exact) mass is 347 g/mol. The second kappa shape index (κ2) is 9.55. The predicted octanol–water partition coefficient (Wildman–Crippen LogP) is 4.29. The number of benzene rings is 2. The van der Waals surface area contributed by atoms with Crippen LogP contribution in [0.25, 0.3) is 0 Å². The van der Waals surface area contributed by atoms with Gasteiger partial charge in [-0.25, -0.2) is 0 Å². The zero-order valence-corrected chi connectivity index (χ0v) is 14.8. The zero-order valence-electron chi connectivity index (χ0n) is 13.9. The minimum absolute atomic E-state index is 0. The summed E-state index contributed by atoms with van der Waals surface area (Å²) in [5.74, 6) is 1.09. The van der Waals surface area contributed by atoms with Gasteiger partial charge >= 0.3 is 0 Å². The van der Waals surface area contributed by atoms with Gasteiger partial charge < -0.3 is 9.84 Å². The number of hydrogen-bond acceptors (Lipinski definition) is 3. The Labute approximate surface area is 150 Å². The summed E-state index contributed by atoms with van der Waals surface area (Å²) in [6, 6.07) is 18.3. The summed E-state index contributed by atoms with van der Waals surface area (Å²) in [5.41, 5.74) is 1.42. The molecule has 24 heavy (non-hydrogen) atoms. The molecule has 1 N–H and O–H groups in total. The molecule has 1 atom stereocenters. The molecule has 1 aliphatic rings. The molecule has 0 amide bonds. The topological polar surface area (TPSA) is 32.7 Å². The van der Waals surface area contributed by atoms with Gasteiger partial charge in [-0.1, -0.05) is 36.8 Å². The maximum Gasteiger partial charge on any atom is 0.119 e. The molecule has 0 aliphatic carbocycles. The smallest absolute Gasteiger partial charge is 0.119 e. The molecular weight excluding hydrogens is 322 g/mol. The first kappa shape index (κ1) is 18.6. The van der Waals surface area contributed by atoms with Crippen LogP contribution in [0, 0.1) is 0 Å². The lowest BCUT2D eigenvalue weighted by Crippen LogP contribution is -2.43. The number of phenols is 1. The number of nitrogens with zero attached hydrogens (tertiary/aromatic N) is 1. The number of hydrogen-bond donors (Lipinski definition) is 1. The van der Waals surface area contributed by atoms with Crippen LogP contribution in [0.15, 0.2) is 54.6 Å². The fourth-order valence-electron chi connectivity index (χ4n) is 3.29. The molecule has 3 rings (SSSR count). The Morgan fingerprint density at radius 2 is 1.75 bits per heavy atom. The van der Waals surface area contributed by atoms with E-state index in [-0.39, 0.29) is 18.2 Å². The molecule has 4 heteroatoms. The average Bonchev–Trinajstić information content (AvgIpc) is 2.59. The number of halogens is 1. The van der Waals surface area contributed by atoms with Crippen LogP contribution in [0.5, 0.6) is 11.5 Å². The van der Waals surface area contributed by atoms with E-state index in [2.05, 4.69) is 35.2 Å². The third kappa shape index (κ3) is 5.43. The van der Waals surface area contributed by atoms with Crippen LogP contribution in [-0.2, 0) is 6.42 Å². The van der Waals surface area contributed by atoms with Gasteiger partial charge in [-0.05, 0) is 55.6 Å². The molecule has 2 aromatic carbocycles. The van der Waals surface area contributed by atoms with Crippen LogP contribution in [0.1, 0.15) is 24.8 Å². The van der Waals surface area contributed by atoms with Crippen LogP contribution in [-0.4, -0.2) is 35.7 Å². The molecule has 1 saturated heterocycles. The van der Waals surface area contributed by atoms with Crippen molar-refractivity contribution in [2.45, 2.75) is 31.7 Å².